The maximum absolute atomic E-state index is 12.9. The normalized spacial score (nSPS) is 23.7. The first-order chi connectivity index (χ1) is 11.0. The molecule has 3 rings (SSSR count). The standard InChI is InChI=1S/C19H22O3S/c1-3-14-6-8-15(9-7-14)18-17(12-20)19(18)23(21,22)16-10-4-13(2)5-11-16/h4-11,17-20H,3,12H2,1-2H3/t17-,18-,19+/m1/s1. The van der Waals surface area contributed by atoms with Gasteiger partial charge in [0, 0.05) is 18.4 Å². The van der Waals surface area contributed by atoms with E-state index in [4.69, 9.17) is 0 Å². The summed E-state index contributed by atoms with van der Waals surface area (Å²) in [6, 6.07) is 15.0. The fourth-order valence-electron chi connectivity index (χ4n) is 3.28. The summed E-state index contributed by atoms with van der Waals surface area (Å²) < 4.78 is 25.7. The van der Waals surface area contributed by atoms with E-state index in [1.54, 1.807) is 12.1 Å². The number of aliphatic hydroxyl groups is 1. The van der Waals surface area contributed by atoms with Crippen molar-refractivity contribution in [3.8, 4) is 0 Å². The van der Waals surface area contributed by atoms with Crippen molar-refractivity contribution >= 4 is 9.84 Å². The van der Waals surface area contributed by atoms with Crippen LogP contribution in [0.3, 0.4) is 0 Å². The Morgan fingerprint density at radius 2 is 1.61 bits per heavy atom. The van der Waals surface area contributed by atoms with Crippen LogP contribution in [0.4, 0.5) is 0 Å². The zero-order valence-corrected chi connectivity index (χ0v) is 14.3. The molecule has 0 saturated heterocycles. The third-order valence-corrected chi connectivity index (χ3v) is 7.08. The Balaban J connectivity index is 1.90. The van der Waals surface area contributed by atoms with Crippen molar-refractivity contribution in [2.45, 2.75) is 36.3 Å². The largest absolute Gasteiger partial charge is 0.396 e. The Labute approximate surface area is 137 Å². The highest BCUT2D eigenvalue weighted by molar-refractivity contribution is 7.92. The predicted molar refractivity (Wildman–Crippen MR) is 91.3 cm³/mol. The zero-order valence-electron chi connectivity index (χ0n) is 13.4. The monoisotopic (exact) mass is 330 g/mol. The molecule has 0 radical (unpaired) electrons. The van der Waals surface area contributed by atoms with Crippen LogP contribution in [0.5, 0.6) is 0 Å². The molecule has 0 spiro atoms. The molecule has 1 fully saturated rings. The molecule has 2 aromatic rings. The summed E-state index contributed by atoms with van der Waals surface area (Å²) in [7, 11) is -3.42. The summed E-state index contributed by atoms with van der Waals surface area (Å²) >= 11 is 0. The first-order valence-electron chi connectivity index (χ1n) is 7.99. The summed E-state index contributed by atoms with van der Waals surface area (Å²) in [5, 5.41) is 9.07. The summed E-state index contributed by atoms with van der Waals surface area (Å²) in [6.45, 7) is 3.92. The second-order valence-electron chi connectivity index (χ2n) is 6.29. The SMILES string of the molecule is CCc1ccc([C@@H]2[C@@H](CO)[C@@H]2S(=O)(=O)c2ccc(C)cc2)cc1. The van der Waals surface area contributed by atoms with E-state index < -0.39 is 15.1 Å². The van der Waals surface area contributed by atoms with E-state index in [1.165, 1.54) is 5.56 Å². The lowest BCUT2D eigenvalue weighted by Crippen LogP contribution is -2.11. The van der Waals surface area contributed by atoms with Gasteiger partial charge >= 0.3 is 0 Å². The summed E-state index contributed by atoms with van der Waals surface area (Å²) in [4.78, 5) is 0.347. The Hall–Kier alpha value is -1.65. The van der Waals surface area contributed by atoms with Crippen LogP contribution < -0.4 is 0 Å². The van der Waals surface area contributed by atoms with Crippen LogP contribution in [-0.4, -0.2) is 25.4 Å². The fraction of sp³-hybridized carbons (Fsp3) is 0.368. The number of aliphatic hydroxyl groups excluding tert-OH is 1. The molecule has 1 N–H and O–H groups in total. The number of benzene rings is 2. The summed E-state index contributed by atoms with van der Waals surface area (Å²) in [6.07, 6.45) is 0.958. The number of sulfone groups is 1. The van der Waals surface area contributed by atoms with E-state index in [9.17, 15) is 13.5 Å². The third kappa shape index (κ3) is 2.93. The number of aryl methyl sites for hydroxylation is 2. The van der Waals surface area contributed by atoms with Crippen molar-refractivity contribution in [2.24, 2.45) is 5.92 Å². The molecule has 3 nitrogen and oxygen atoms in total. The first-order valence-corrected chi connectivity index (χ1v) is 9.54. The van der Waals surface area contributed by atoms with Crippen LogP contribution in [0.2, 0.25) is 0 Å². The second-order valence-corrected chi connectivity index (χ2v) is 8.40. The lowest BCUT2D eigenvalue weighted by molar-refractivity contribution is 0.274. The average Bonchev–Trinajstić information content (AvgIpc) is 3.31. The molecule has 2 aromatic carbocycles. The topological polar surface area (TPSA) is 54.4 Å². The molecule has 0 unspecified atom stereocenters. The highest BCUT2D eigenvalue weighted by Gasteiger charge is 2.58. The van der Waals surface area contributed by atoms with Gasteiger partial charge in [0.15, 0.2) is 9.84 Å². The maximum atomic E-state index is 12.9. The highest BCUT2D eigenvalue weighted by Crippen LogP contribution is 2.53. The van der Waals surface area contributed by atoms with Gasteiger partial charge in [0.1, 0.15) is 0 Å². The molecule has 1 aliphatic rings. The number of hydrogen-bond acceptors (Lipinski definition) is 3. The second kappa shape index (κ2) is 6.10. The van der Waals surface area contributed by atoms with Crippen LogP contribution in [-0.2, 0) is 16.3 Å². The fourth-order valence-corrected chi connectivity index (χ4v) is 5.48. The van der Waals surface area contributed by atoms with Crippen LogP contribution in [0, 0.1) is 12.8 Å². The number of rotatable bonds is 5. The van der Waals surface area contributed by atoms with Gasteiger partial charge in [-0.15, -0.1) is 0 Å². The Kier molecular flexibility index (Phi) is 4.30. The molecule has 23 heavy (non-hydrogen) atoms. The van der Waals surface area contributed by atoms with Crippen LogP contribution in [0.15, 0.2) is 53.4 Å². The smallest absolute Gasteiger partial charge is 0.182 e. The van der Waals surface area contributed by atoms with Crippen molar-refractivity contribution in [3.63, 3.8) is 0 Å². The van der Waals surface area contributed by atoms with Crippen molar-refractivity contribution in [1.29, 1.82) is 0 Å². The lowest BCUT2D eigenvalue weighted by atomic mass is 10.1. The Bertz CT molecular complexity index is 776. The molecular formula is C19H22O3S. The predicted octanol–water partition coefficient (Wildman–Crippen LogP) is 3.11. The van der Waals surface area contributed by atoms with Gasteiger partial charge in [0.25, 0.3) is 0 Å². The van der Waals surface area contributed by atoms with E-state index in [-0.39, 0.29) is 18.4 Å². The van der Waals surface area contributed by atoms with Crippen LogP contribution >= 0.6 is 0 Å². The molecule has 0 bridgehead atoms. The molecule has 0 aromatic heterocycles. The molecular weight excluding hydrogens is 308 g/mol. The minimum atomic E-state index is -3.42. The van der Waals surface area contributed by atoms with Gasteiger partial charge in [-0.05, 0) is 36.6 Å². The molecule has 0 aliphatic heterocycles. The molecule has 4 heteroatoms. The minimum Gasteiger partial charge on any atom is -0.396 e. The molecule has 0 amide bonds. The molecule has 0 heterocycles. The van der Waals surface area contributed by atoms with Gasteiger partial charge in [0.2, 0.25) is 0 Å². The average molecular weight is 330 g/mol. The van der Waals surface area contributed by atoms with E-state index in [2.05, 4.69) is 6.92 Å². The van der Waals surface area contributed by atoms with Crippen molar-refractivity contribution in [3.05, 3.63) is 65.2 Å². The maximum Gasteiger partial charge on any atom is 0.182 e. The highest BCUT2D eigenvalue weighted by atomic mass is 32.2. The molecule has 3 atom stereocenters. The van der Waals surface area contributed by atoms with Crippen molar-refractivity contribution in [1.82, 2.24) is 0 Å². The van der Waals surface area contributed by atoms with Crippen molar-refractivity contribution < 1.29 is 13.5 Å². The Morgan fingerprint density at radius 3 is 2.13 bits per heavy atom. The van der Waals surface area contributed by atoms with Gasteiger partial charge in [-0.1, -0.05) is 48.9 Å². The van der Waals surface area contributed by atoms with E-state index in [0.29, 0.717) is 4.90 Å². The third-order valence-electron chi connectivity index (χ3n) is 4.79. The van der Waals surface area contributed by atoms with Gasteiger partial charge in [-0.2, -0.15) is 0 Å². The lowest BCUT2D eigenvalue weighted by Gasteiger charge is -2.05. The minimum absolute atomic E-state index is 0.101. The molecule has 1 aliphatic carbocycles. The van der Waals surface area contributed by atoms with E-state index in [1.807, 2.05) is 43.3 Å². The van der Waals surface area contributed by atoms with Gasteiger partial charge in [0.05, 0.1) is 10.1 Å². The van der Waals surface area contributed by atoms with E-state index in [0.717, 1.165) is 17.5 Å². The zero-order chi connectivity index (χ0) is 16.6. The number of hydrogen-bond donors (Lipinski definition) is 1. The summed E-state index contributed by atoms with van der Waals surface area (Å²) in [5.74, 6) is -0.328. The van der Waals surface area contributed by atoms with Crippen LogP contribution in [0.1, 0.15) is 29.5 Å². The van der Waals surface area contributed by atoms with Crippen molar-refractivity contribution in [2.75, 3.05) is 6.61 Å². The molecule has 1 saturated carbocycles. The van der Waals surface area contributed by atoms with Crippen LogP contribution in [0.25, 0.3) is 0 Å². The van der Waals surface area contributed by atoms with Gasteiger partial charge in [-0.3, -0.25) is 0 Å². The first kappa shape index (κ1) is 16.2. The Morgan fingerprint density at radius 1 is 1.00 bits per heavy atom. The quantitative estimate of drug-likeness (QED) is 0.916. The van der Waals surface area contributed by atoms with Gasteiger partial charge in [-0.25, -0.2) is 8.42 Å². The van der Waals surface area contributed by atoms with Gasteiger partial charge < -0.3 is 5.11 Å². The van der Waals surface area contributed by atoms with E-state index >= 15 is 0 Å². The molecule has 122 valence electrons. The summed E-state index contributed by atoms with van der Waals surface area (Å²) in [5.41, 5.74) is 3.26.